The average Bonchev–Trinajstić information content (AvgIpc) is 2.10. The van der Waals surface area contributed by atoms with Crippen LogP contribution in [0.15, 0.2) is 0 Å². The average molecular weight is 230 g/mol. The molecule has 0 saturated carbocycles. The third-order valence-electron chi connectivity index (χ3n) is 1.90. The van der Waals surface area contributed by atoms with Crippen LogP contribution in [0.2, 0.25) is 0 Å². The first-order valence-corrected chi connectivity index (χ1v) is 5.81. The molecular weight excluding hydrogens is 214 g/mol. The van der Waals surface area contributed by atoms with Gasteiger partial charge in [-0.05, 0) is 12.8 Å². The normalized spacial score (nSPS) is 12.3. The quantitative estimate of drug-likeness (QED) is 0.491. The van der Waals surface area contributed by atoms with Crippen molar-refractivity contribution in [2.75, 3.05) is 6.61 Å². The molecule has 6 heteroatoms. The van der Waals surface area contributed by atoms with E-state index in [2.05, 4.69) is 0 Å². The van der Waals surface area contributed by atoms with Crippen LogP contribution in [-0.4, -0.2) is 25.4 Å². The number of thiol groups is 1. The SMILES string of the molecule is O=[SH](=O)C(F)(F)CCCCCCCO. The van der Waals surface area contributed by atoms with Gasteiger partial charge in [0.1, 0.15) is 0 Å². The zero-order chi connectivity index (χ0) is 11.0. The molecule has 0 atom stereocenters. The summed E-state index contributed by atoms with van der Waals surface area (Å²) in [6.45, 7) is 0.114. The van der Waals surface area contributed by atoms with Crippen LogP contribution in [0.25, 0.3) is 0 Å². The summed E-state index contributed by atoms with van der Waals surface area (Å²) in [5.74, 6) is 0. The second kappa shape index (κ2) is 7.11. The van der Waals surface area contributed by atoms with Crippen molar-refractivity contribution in [1.29, 1.82) is 0 Å². The zero-order valence-electron chi connectivity index (χ0n) is 7.92. The summed E-state index contributed by atoms with van der Waals surface area (Å²) in [5, 5.41) is 4.88. The fourth-order valence-corrected chi connectivity index (χ4v) is 1.41. The van der Waals surface area contributed by atoms with Gasteiger partial charge in [-0.2, -0.15) is 8.78 Å². The van der Waals surface area contributed by atoms with Crippen molar-refractivity contribution in [2.24, 2.45) is 0 Å². The Morgan fingerprint density at radius 3 is 2.00 bits per heavy atom. The summed E-state index contributed by atoms with van der Waals surface area (Å²) in [4.78, 5) is 0. The fraction of sp³-hybridized carbons (Fsp3) is 1.00. The van der Waals surface area contributed by atoms with Crippen molar-refractivity contribution >= 4 is 10.7 Å². The summed E-state index contributed by atoms with van der Waals surface area (Å²) in [6.07, 6.45) is 2.43. The van der Waals surface area contributed by atoms with Gasteiger partial charge in [-0.3, -0.25) is 0 Å². The second-order valence-electron chi connectivity index (χ2n) is 3.16. The topological polar surface area (TPSA) is 54.4 Å². The van der Waals surface area contributed by atoms with E-state index in [0.29, 0.717) is 12.8 Å². The van der Waals surface area contributed by atoms with E-state index in [-0.39, 0.29) is 13.0 Å². The molecule has 0 aliphatic rings. The van der Waals surface area contributed by atoms with Gasteiger partial charge >= 0.3 is 5.25 Å². The minimum absolute atomic E-state index is 0.114. The maximum absolute atomic E-state index is 12.5. The molecule has 86 valence electrons. The Morgan fingerprint density at radius 1 is 1.00 bits per heavy atom. The maximum atomic E-state index is 12.5. The predicted molar refractivity (Wildman–Crippen MR) is 50.0 cm³/mol. The molecule has 0 fully saturated rings. The van der Waals surface area contributed by atoms with Crippen LogP contribution >= 0.6 is 0 Å². The molecule has 0 saturated heterocycles. The number of rotatable bonds is 8. The van der Waals surface area contributed by atoms with Crippen molar-refractivity contribution in [2.45, 2.75) is 43.8 Å². The molecule has 0 aromatic heterocycles. The highest BCUT2D eigenvalue weighted by molar-refractivity contribution is 7.73. The van der Waals surface area contributed by atoms with Gasteiger partial charge in [0.15, 0.2) is 0 Å². The minimum Gasteiger partial charge on any atom is -0.396 e. The van der Waals surface area contributed by atoms with E-state index in [9.17, 15) is 17.2 Å². The van der Waals surface area contributed by atoms with Crippen LogP contribution in [0.5, 0.6) is 0 Å². The van der Waals surface area contributed by atoms with E-state index < -0.39 is 22.4 Å². The van der Waals surface area contributed by atoms with Crippen LogP contribution in [0, 0.1) is 0 Å². The molecule has 0 radical (unpaired) electrons. The summed E-state index contributed by atoms with van der Waals surface area (Å²) in [7, 11) is -3.64. The van der Waals surface area contributed by atoms with Crippen molar-refractivity contribution < 1.29 is 22.3 Å². The first-order chi connectivity index (χ1) is 6.50. The summed E-state index contributed by atoms with van der Waals surface area (Å²) < 4.78 is 45.1. The Kier molecular flexibility index (Phi) is 7.00. The third kappa shape index (κ3) is 6.26. The number of alkyl halides is 2. The van der Waals surface area contributed by atoms with Crippen LogP contribution < -0.4 is 0 Å². The molecule has 0 unspecified atom stereocenters. The Morgan fingerprint density at radius 2 is 1.50 bits per heavy atom. The van der Waals surface area contributed by atoms with Gasteiger partial charge in [0.25, 0.3) is 0 Å². The highest BCUT2D eigenvalue weighted by Crippen LogP contribution is 2.22. The lowest BCUT2D eigenvalue weighted by atomic mass is 10.1. The molecule has 14 heavy (non-hydrogen) atoms. The lowest BCUT2D eigenvalue weighted by molar-refractivity contribution is 0.0831. The van der Waals surface area contributed by atoms with Crippen molar-refractivity contribution in [3.63, 3.8) is 0 Å². The van der Waals surface area contributed by atoms with Gasteiger partial charge in [-0.15, -0.1) is 0 Å². The summed E-state index contributed by atoms with van der Waals surface area (Å²) >= 11 is 0. The van der Waals surface area contributed by atoms with Crippen LogP contribution in [-0.2, 0) is 10.7 Å². The molecule has 0 heterocycles. The number of hydrogen-bond acceptors (Lipinski definition) is 3. The zero-order valence-corrected chi connectivity index (χ0v) is 8.81. The van der Waals surface area contributed by atoms with Gasteiger partial charge in [0.2, 0.25) is 10.7 Å². The fourth-order valence-electron chi connectivity index (χ4n) is 1.07. The standard InChI is InChI=1S/C8H16F2O3S/c9-8(10,14(12)13)6-4-2-1-3-5-7-11/h11,14H,1-7H2. The molecule has 0 bridgehead atoms. The van der Waals surface area contributed by atoms with Crippen molar-refractivity contribution in [3.8, 4) is 0 Å². The molecule has 3 nitrogen and oxygen atoms in total. The summed E-state index contributed by atoms with van der Waals surface area (Å²) in [5.41, 5.74) is 0. The monoisotopic (exact) mass is 230 g/mol. The summed E-state index contributed by atoms with van der Waals surface area (Å²) in [6, 6.07) is 0. The Bertz CT molecular complexity index is 209. The second-order valence-corrected chi connectivity index (χ2v) is 4.33. The molecule has 0 spiro atoms. The number of aliphatic hydroxyl groups excluding tert-OH is 1. The molecule has 0 aromatic carbocycles. The minimum atomic E-state index is -3.64. The number of hydrogen-bond donors (Lipinski definition) is 2. The van der Waals surface area contributed by atoms with E-state index in [1.165, 1.54) is 0 Å². The van der Waals surface area contributed by atoms with Crippen molar-refractivity contribution in [1.82, 2.24) is 0 Å². The van der Waals surface area contributed by atoms with Crippen molar-refractivity contribution in [3.05, 3.63) is 0 Å². The lowest BCUT2D eigenvalue weighted by Gasteiger charge is -2.07. The highest BCUT2D eigenvalue weighted by Gasteiger charge is 2.31. The Hall–Kier alpha value is -0.230. The molecule has 0 aliphatic heterocycles. The lowest BCUT2D eigenvalue weighted by Crippen LogP contribution is -2.17. The molecule has 0 amide bonds. The van der Waals surface area contributed by atoms with E-state index in [0.717, 1.165) is 12.8 Å². The smallest absolute Gasteiger partial charge is 0.343 e. The number of halogens is 2. The van der Waals surface area contributed by atoms with Gasteiger partial charge in [-0.1, -0.05) is 19.3 Å². The van der Waals surface area contributed by atoms with Crippen LogP contribution in [0.1, 0.15) is 38.5 Å². The first-order valence-electron chi connectivity index (χ1n) is 4.64. The number of unbranched alkanes of at least 4 members (excludes halogenated alkanes) is 4. The van der Waals surface area contributed by atoms with E-state index in [1.807, 2.05) is 0 Å². The van der Waals surface area contributed by atoms with Gasteiger partial charge in [0, 0.05) is 13.0 Å². The molecule has 0 aliphatic carbocycles. The third-order valence-corrected chi connectivity index (χ3v) is 2.66. The Balaban J connectivity index is 3.45. The molecule has 0 rings (SSSR count). The van der Waals surface area contributed by atoms with Gasteiger partial charge in [-0.25, -0.2) is 8.42 Å². The largest absolute Gasteiger partial charge is 0.396 e. The van der Waals surface area contributed by atoms with Crippen LogP contribution in [0.3, 0.4) is 0 Å². The first kappa shape index (κ1) is 13.8. The number of aliphatic hydroxyl groups is 1. The van der Waals surface area contributed by atoms with Gasteiger partial charge in [0.05, 0.1) is 0 Å². The van der Waals surface area contributed by atoms with Crippen LogP contribution in [0.4, 0.5) is 8.78 Å². The molecule has 0 aromatic rings. The van der Waals surface area contributed by atoms with E-state index in [1.54, 1.807) is 0 Å². The van der Waals surface area contributed by atoms with E-state index in [4.69, 9.17) is 5.11 Å². The highest BCUT2D eigenvalue weighted by atomic mass is 32.2. The predicted octanol–water partition coefficient (Wildman–Crippen LogP) is 1.52. The van der Waals surface area contributed by atoms with E-state index >= 15 is 0 Å². The molecule has 1 N–H and O–H groups in total. The molecular formula is C8H16F2O3S. The maximum Gasteiger partial charge on any atom is 0.343 e. The van der Waals surface area contributed by atoms with Gasteiger partial charge < -0.3 is 5.11 Å². The Labute approximate surface area is 84.1 Å².